The van der Waals surface area contributed by atoms with E-state index in [2.05, 4.69) is 23.0 Å². The molecule has 4 nitrogen and oxygen atoms in total. The monoisotopic (exact) mass is 235 g/mol. The SMILES string of the molecule is CC(N)c1ccc(N(C)CC2CCCO2)cn1. The summed E-state index contributed by atoms with van der Waals surface area (Å²) >= 11 is 0. The Morgan fingerprint density at radius 1 is 1.59 bits per heavy atom. The van der Waals surface area contributed by atoms with E-state index >= 15 is 0 Å². The van der Waals surface area contributed by atoms with Gasteiger partial charge in [0.05, 0.1) is 23.7 Å². The molecule has 94 valence electrons. The van der Waals surface area contributed by atoms with Crippen molar-refractivity contribution >= 4 is 5.69 Å². The van der Waals surface area contributed by atoms with Gasteiger partial charge in [-0.3, -0.25) is 4.98 Å². The van der Waals surface area contributed by atoms with E-state index in [1.54, 1.807) is 0 Å². The van der Waals surface area contributed by atoms with Gasteiger partial charge in [-0.05, 0) is 31.9 Å². The smallest absolute Gasteiger partial charge is 0.0750 e. The predicted molar refractivity (Wildman–Crippen MR) is 69.1 cm³/mol. The van der Waals surface area contributed by atoms with Crippen LogP contribution in [0.5, 0.6) is 0 Å². The van der Waals surface area contributed by atoms with E-state index in [4.69, 9.17) is 10.5 Å². The Hall–Kier alpha value is -1.13. The summed E-state index contributed by atoms with van der Waals surface area (Å²) < 4.78 is 5.62. The summed E-state index contributed by atoms with van der Waals surface area (Å²) in [6, 6.07) is 4.06. The second kappa shape index (κ2) is 5.47. The molecule has 17 heavy (non-hydrogen) atoms. The summed E-state index contributed by atoms with van der Waals surface area (Å²) in [6.07, 6.45) is 4.59. The van der Waals surface area contributed by atoms with E-state index in [0.29, 0.717) is 6.10 Å². The van der Waals surface area contributed by atoms with Crippen molar-refractivity contribution in [3.05, 3.63) is 24.0 Å². The van der Waals surface area contributed by atoms with E-state index in [0.717, 1.165) is 31.0 Å². The number of rotatable bonds is 4. The Kier molecular flexibility index (Phi) is 3.97. The third-order valence-corrected chi connectivity index (χ3v) is 3.18. The van der Waals surface area contributed by atoms with Crippen LogP contribution in [0.2, 0.25) is 0 Å². The number of hydrogen-bond acceptors (Lipinski definition) is 4. The van der Waals surface area contributed by atoms with Crippen LogP contribution in [-0.2, 0) is 4.74 Å². The van der Waals surface area contributed by atoms with Gasteiger partial charge in [-0.25, -0.2) is 0 Å². The molecular weight excluding hydrogens is 214 g/mol. The van der Waals surface area contributed by atoms with Crippen molar-refractivity contribution in [2.75, 3.05) is 25.1 Å². The van der Waals surface area contributed by atoms with Crippen molar-refractivity contribution in [3.8, 4) is 0 Å². The Bertz CT molecular complexity index is 344. The van der Waals surface area contributed by atoms with Gasteiger partial charge in [0.1, 0.15) is 0 Å². The van der Waals surface area contributed by atoms with Gasteiger partial charge in [0, 0.05) is 26.2 Å². The van der Waals surface area contributed by atoms with E-state index in [1.165, 1.54) is 6.42 Å². The fraction of sp³-hybridized carbons (Fsp3) is 0.615. The molecule has 1 saturated heterocycles. The maximum absolute atomic E-state index is 5.78. The third-order valence-electron chi connectivity index (χ3n) is 3.18. The van der Waals surface area contributed by atoms with Gasteiger partial charge in [-0.2, -0.15) is 0 Å². The van der Waals surface area contributed by atoms with Gasteiger partial charge in [0.15, 0.2) is 0 Å². The summed E-state index contributed by atoms with van der Waals surface area (Å²) in [5.74, 6) is 0. The molecule has 1 aromatic rings. The number of pyridine rings is 1. The molecule has 2 unspecified atom stereocenters. The van der Waals surface area contributed by atoms with Crippen molar-refractivity contribution in [1.82, 2.24) is 4.98 Å². The Balaban J connectivity index is 1.96. The van der Waals surface area contributed by atoms with Crippen LogP contribution in [0, 0.1) is 0 Å². The number of hydrogen-bond donors (Lipinski definition) is 1. The van der Waals surface area contributed by atoms with Crippen LogP contribution in [-0.4, -0.2) is 31.3 Å². The van der Waals surface area contributed by atoms with Gasteiger partial charge in [-0.15, -0.1) is 0 Å². The predicted octanol–water partition coefficient (Wildman–Crippen LogP) is 1.72. The minimum atomic E-state index is -0.00692. The molecule has 1 fully saturated rings. The molecule has 0 saturated carbocycles. The Labute approximate surface area is 103 Å². The van der Waals surface area contributed by atoms with E-state index in [-0.39, 0.29) is 6.04 Å². The van der Waals surface area contributed by atoms with Gasteiger partial charge >= 0.3 is 0 Å². The van der Waals surface area contributed by atoms with E-state index in [1.807, 2.05) is 19.2 Å². The molecule has 0 aromatic carbocycles. The molecule has 0 amide bonds. The van der Waals surface area contributed by atoms with Gasteiger partial charge in [0.2, 0.25) is 0 Å². The number of likely N-dealkylation sites (N-methyl/N-ethyl adjacent to an activating group) is 1. The van der Waals surface area contributed by atoms with Crippen molar-refractivity contribution in [3.63, 3.8) is 0 Å². The quantitative estimate of drug-likeness (QED) is 0.863. The van der Waals surface area contributed by atoms with Crippen molar-refractivity contribution < 1.29 is 4.74 Å². The van der Waals surface area contributed by atoms with E-state index < -0.39 is 0 Å². The lowest BCUT2D eigenvalue weighted by molar-refractivity contribution is 0.116. The maximum Gasteiger partial charge on any atom is 0.0750 e. The first-order chi connectivity index (χ1) is 8.16. The van der Waals surface area contributed by atoms with Crippen LogP contribution in [0.4, 0.5) is 5.69 Å². The first kappa shape index (κ1) is 12.3. The average Bonchev–Trinajstić information content (AvgIpc) is 2.82. The van der Waals surface area contributed by atoms with Crippen LogP contribution < -0.4 is 10.6 Å². The fourth-order valence-electron chi connectivity index (χ4n) is 2.09. The molecule has 4 heteroatoms. The summed E-state index contributed by atoms with van der Waals surface area (Å²) in [4.78, 5) is 6.55. The zero-order chi connectivity index (χ0) is 12.3. The molecule has 0 aliphatic carbocycles. The zero-order valence-electron chi connectivity index (χ0n) is 10.6. The fourth-order valence-corrected chi connectivity index (χ4v) is 2.09. The highest BCUT2D eigenvalue weighted by molar-refractivity contribution is 5.44. The molecule has 2 rings (SSSR count). The van der Waals surface area contributed by atoms with Crippen molar-refractivity contribution in [2.24, 2.45) is 5.73 Å². The second-order valence-corrected chi connectivity index (χ2v) is 4.75. The molecule has 1 aliphatic heterocycles. The second-order valence-electron chi connectivity index (χ2n) is 4.75. The zero-order valence-corrected chi connectivity index (χ0v) is 10.6. The number of aromatic nitrogens is 1. The summed E-state index contributed by atoms with van der Waals surface area (Å²) in [7, 11) is 2.07. The minimum absolute atomic E-state index is 0.00692. The number of ether oxygens (including phenoxy) is 1. The van der Waals surface area contributed by atoms with Crippen molar-refractivity contribution in [2.45, 2.75) is 31.9 Å². The molecule has 1 aliphatic rings. The summed E-state index contributed by atoms with van der Waals surface area (Å²) in [5, 5.41) is 0. The van der Waals surface area contributed by atoms with Crippen LogP contribution in [0.1, 0.15) is 31.5 Å². The Morgan fingerprint density at radius 3 is 2.94 bits per heavy atom. The highest BCUT2D eigenvalue weighted by atomic mass is 16.5. The molecule has 0 bridgehead atoms. The lowest BCUT2D eigenvalue weighted by Crippen LogP contribution is -2.28. The molecule has 2 N–H and O–H groups in total. The van der Waals surface area contributed by atoms with Crippen LogP contribution >= 0.6 is 0 Å². The van der Waals surface area contributed by atoms with Gasteiger partial charge in [-0.1, -0.05) is 0 Å². The van der Waals surface area contributed by atoms with Crippen LogP contribution in [0.25, 0.3) is 0 Å². The number of nitrogens with zero attached hydrogens (tertiary/aromatic N) is 2. The lowest BCUT2D eigenvalue weighted by Gasteiger charge is -2.22. The average molecular weight is 235 g/mol. The van der Waals surface area contributed by atoms with E-state index in [9.17, 15) is 0 Å². The molecule has 1 aromatic heterocycles. The first-order valence-corrected chi connectivity index (χ1v) is 6.21. The lowest BCUT2D eigenvalue weighted by atomic mass is 10.2. The topological polar surface area (TPSA) is 51.4 Å². The number of nitrogens with two attached hydrogens (primary N) is 1. The highest BCUT2D eigenvalue weighted by Gasteiger charge is 2.17. The third kappa shape index (κ3) is 3.17. The van der Waals surface area contributed by atoms with Gasteiger partial charge < -0.3 is 15.4 Å². The Morgan fingerprint density at radius 2 is 2.41 bits per heavy atom. The summed E-state index contributed by atoms with van der Waals surface area (Å²) in [6.45, 7) is 3.78. The molecular formula is C13H21N3O. The molecule has 0 radical (unpaired) electrons. The van der Waals surface area contributed by atoms with Crippen LogP contribution in [0.3, 0.4) is 0 Å². The number of anilines is 1. The van der Waals surface area contributed by atoms with Crippen molar-refractivity contribution in [1.29, 1.82) is 0 Å². The van der Waals surface area contributed by atoms with Crippen LogP contribution in [0.15, 0.2) is 18.3 Å². The minimum Gasteiger partial charge on any atom is -0.376 e. The summed E-state index contributed by atoms with van der Waals surface area (Å²) in [5.41, 5.74) is 7.82. The largest absolute Gasteiger partial charge is 0.376 e. The molecule has 2 atom stereocenters. The highest BCUT2D eigenvalue weighted by Crippen LogP contribution is 2.18. The molecule has 0 spiro atoms. The standard InChI is InChI=1S/C13H21N3O/c1-10(14)13-6-5-11(8-15-13)16(2)9-12-4-3-7-17-12/h5-6,8,10,12H,3-4,7,9,14H2,1-2H3. The molecule has 2 heterocycles. The maximum atomic E-state index is 5.78. The first-order valence-electron chi connectivity index (χ1n) is 6.21. The van der Waals surface area contributed by atoms with Gasteiger partial charge in [0.25, 0.3) is 0 Å². The normalized spacial score (nSPS) is 21.5.